The van der Waals surface area contributed by atoms with Gasteiger partial charge in [-0.25, -0.2) is 14.6 Å². The summed E-state index contributed by atoms with van der Waals surface area (Å²) in [4.78, 5) is 9.20. The molecule has 0 unspecified atom stereocenters. The highest BCUT2D eigenvalue weighted by Crippen LogP contribution is 2.39. The van der Waals surface area contributed by atoms with E-state index in [0.29, 0.717) is 5.92 Å². The fourth-order valence-electron chi connectivity index (χ4n) is 2.08. The first-order valence-corrected chi connectivity index (χ1v) is 7.10. The van der Waals surface area contributed by atoms with Crippen molar-refractivity contribution in [3.8, 4) is 5.82 Å². The van der Waals surface area contributed by atoms with Gasteiger partial charge < -0.3 is 5.32 Å². The molecule has 1 saturated carbocycles. The minimum atomic E-state index is -0.0892. The summed E-state index contributed by atoms with van der Waals surface area (Å²) in [6, 6.07) is 4.02. The van der Waals surface area contributed by atoms with Gasteiger partial charge in [0.15, 0.2) is 5.82 Å². The van der Waals surface area contributed by atoms with Crippen molar-refractivity contribution < 1.29 is 0 Å². The molecule has 1 aliphatic rings. The highest BCUT2D eigenvalue weighted by Gasteiger charge is 2.26. The van der Waals surface area contributed by atoms with Gasteiger partial charge in [-0.1, -0.05) is 20.8 Å². The third-order valence-electron chi connectivity index (χ3n) is 3.48. The first-order chi connectivity index (χ1) is 9.47. The van der Waals surface area contributed by atoms with Crippen molar-refractivity contribution in [2.24, 2.45) is 0 Å². The number of nitrogens with zero attached hydrogens (tertiary/aromatic N) is 4. The van der Waals surface area contributed by atoms with Crippen molar-refractivity contribution in [3.63, 3.8) is 0 Å². The van der Waals surface area contributed by atoms with Crippen LogP contribution in [-0.2, 0) is 5.41 Å². The van der Waals surface area contributed by atoms with Crippen LogP contribution in [0.4, 0.5) is 5.82 Å². The van der Waals surface area contributed by atoms with Crippen LogP contribution in [0.15, 0.2) is 18.3 Å². The molecule has 0 bridgehead atoms. The molecule has 0 radical (unpaired) electrons. The first kappa shape index (κ1) is 13.1. The van der Waals surface area contributed by atoms with Gasteiger partial charge in [0, 0.05) is 30.6 Å². The van der Waals surface area contributed by atoms with E-state index in [1.165, 1.54) is 18.5 Å². The summed E-state index contributed by atoms with van der Waals surface area (Å²) in [5, 5.41) is 7.74. The lowest BCUT2D eigenvalue weighted by atomic mass is 9.96. The first-order valence-electron chi connectivity index (χ1n) is 7.10. The van der Waals surface area contributed by atoms with E-state index >= 15 is 0 Å². The second-order valence-electron chi connectivity index (χ2n) is 6.39. The molecule has 0 saturated heterocycles. The Bertz CT molecular complexity index is 619. The summed E-state index contributed by atoms with van der Waals surface area (Å²) < 4.78 is 1.85. The summed E-state index contributed by atoms with van der Waals surface area (Å²) in [6.45, 7) is 6.35. The van der Waals surface area contributed by atoms with Crippen molar-refractivity contribution >= 4 is 5.82 Å². The second kappa shape index (κ2) is 4.58. The van der Waals surface area contributed by atoms with Gasteiger partial charge in [-0.15, -0.1) is 0 Å². The van der Waals surface area contributed by atoms with E-state index in [-0.39, 0.29) is 5.41 Å². The molecule has 106 valence electrons. The molecule has 1 fully saturated rings. The topological polar surface area (TPSA) is 55.6 Å². The zero-order chi connectivity index (χ0) is 14.3. The molecule has 1 N–H and O–H groups in total. The normalized spacial score (nSPS) is 15.4. The lowest BCUT2D eigenvalue weighted by molar-refractivity contribution is 0.542. The number of anilines is 1. The molecule has 2 aromatic heterocycles. The van der Waals surface area contributed by atoms with E-state index in [9.17, 15) is 0 Å². The molecule has 0 atom stereocenters. The van der Waals surface area contributed by atoms with Gasteiger partial charge in [-0.05, 0) is 18.9 Å². The summed E-state index contributed by atoms with van der Waals surface area (Å²) in [5.41, 5.74) is 1.08. The Morgan fingerprint density at radius 2 is 2.00 bits per heavy atom. The van der Waals surface area contributed by atoms with E-state index in [4.69, 9.17) is 0 Å². The maximum absolute atomic E-state index is 4.67. The Morgan fingerprint density at radius 3 is 2.60 bits per heavy atom. The molecule has 2 heterocycles. The third-order valence-corrected chi connectivity index (χ3v) is 3.48. The van der Waals surface area contributed by atoms with Crippen molar-refractivity contribution in [2.45, 2.75) is 44.9 Å². The van der Waals surface area contributed by atoms with Crippen molar-refractivity contribution in [2.75, 3.05) is 12.4 Å². The van der Waals surface area contributed by atoms with Crippen LogP contribution in [-0.4, -0.2) is 26.8 Å². The maximum atomic E-state index is 4.67. The Balaban J connectivity index is 2.02. The van der Waals surface area contributed by atoms with Gasteiger partial charge in [0.1, 0.15) is 11.6 Å². The van der Waals surface area contributed by atoms with Crippen molar-refractivity contribution in [1.82, 2.24) is 19.7 Å². The third kappa shape index (κ3) is 2.53. The quantitative estimate of drug-likeness (QED) is 0.932. The van der Waals surface area contributed by atoms with Gasteiger partial charge in [0.05, 0.1) is 5.69 Å². The monoisotopic (exact) mass is 271 g/mol. The summed E-state index contributed by atoms with van der Waals surface area (Å²) in [6.07, 6.45) is 4.51. The largest absolute Gasteiger partial charge is 0.373 e. The fraction of sp³-hybridized carbons (Fsp3) is 0.533. The van der Waals surface area contributed by atoms with E-state index < -0.39 is 0 Å². The molecule has 0 spiro atoms. The Labute approximate surface area is 119 Å². The molecule has 5 heteroatoms. The summed E-state index contributed by atoms with van der Waals surface area (Å²) in [5.74, 6) is 3.12. The summed E-state index contributed by atoms with van der Waals surface area (Å²) >= 11 is 0. The average Bonchev–Trinajstić information content (AvgIpc) is 3.15. The lowest BCUT2D eigenvalue weighted by Gasteiger charge is -2.18. The van der Waals surface area contributed by atoms with Gasteiger partial charge in [-0.2, -0.15) is 5.10 Å². The molecule has 5 nitrogen and oxygen atoms in total. The maximum Gasteiger partial charge on any atom is 0.159 e. The number of aromatic nitrogens is 4. The number of nitrogens with one attached hydrogen (secondary N) is 1. The van der Waals surface area contributed by atoms with E-state index in [1.807, 2.05) is 24.0 Å². The average molecular weight is 271 g/mol. The van der Waals surface area contributed by atoms with Crippen LogP contribution in [0.5, 0.6) is 0 Å². The molecule has 0 aliphatic heterocycles. The molecular weight excluding hydrogens is 250 g/mol. The molecule has 1 aliphatic carbocycles. The Hall–Kier alpha value is -1.91. The highest BCUT2D eigenvalue weighted by molar-refractivity contribution is 5.41. The summed E-state index contributed by atoms with van der Waals surface area (Å²) in [7, 11) is 1.87. The van der Waals surface area contributed by atoms with Gasteiger partial charge in [0.25, 0.3) is 0 Å². The van der Waals surface area contributed by atoms with E-state index in [1.54, 1.807) is 0 Å². The zero-order valence-electron chi connectivity index (χ0n) is 12.5. The number of hydrogen-bond donors (Lipinski definition) is 1. The predicted molar refractivity (Wildman–Crippen MR) is 79.4 cm³/mol. The SMILES string of the molecule is CNc1cc(-n2ccc(C3CC3)n2)nc(C(C)(C)C)n1. The standard InChI is InChI=1S/C15H21N5/c1-15(2,3)14-17-12(16-4)9-13(18-14)20-8-7-11(19-20)10-5-6-10/h7-10H,5-6H2,1-4H3,(H,16,17,18). The lowest BCUT2D eigenvalue weighted by Crippen LogP contribution is -2.18. The molecule has 20 heavy (non-hydrogen) atoms. The van der Waals surface area contributed by atoms with Crippen LogP contribution in [0.3, 0.4) is 0 Å². The molecule has 0 aromatic carbocycles. The number of rotatable bonds is 3. The minimum absolute atomic E-state index is 0.0892. The van der Waals surface area contributed by atoms with Gasteiger partial charge in [-0.3, -0.25) is 0 Å². The number of hydrogen-bond acceptors (Lipinski definition) is 4. The highest BCUT2D eigenvalue weighted by atomic mass is 15.3. The van der Waals surface area contributed by atoms with Gasteiger partial charge >= 0.3 is 0 Å². The van der Waals surface area contributed by atoms with Crippen LogP contribution >= 0.6 is 0 Å². The van der Waals surface area contributed by atoms with Crippen LogP contribution in [0.1, 0.15) is 51.0 Å². The molecule has 3 rings (SSSR count). The zero-order valence-corrected chi connectivity index (χ0v) is 12.5. The van der Waals surface area contributed by atoms with Crippen LogP contribution < -0.4 is 5.32 Å². The van der Waals surface area contributed by atoms with E-state index in [2.05, 4.69) is 47.2 Å². The van der Waals surface area contributed by atoms with Crippen LogP contribution in [0, 0.1) is 0 Å². The smallest absolute Gasteiger partial charge is 0.159 e. The van der Waals surface area contributed by atoms with Crippen LogP contribution in [0.2, 0.25) is 0 Å². The Kier molecular flexibility index (Phi) is 3.00. The minimum Gasteiger partial charge on any atom is -0.373 e. The fourth-order valence-corrected chi connectivity index (χ4v) is 2.08. The molecular formula is C15H21N5. The van der Waals surface area contributed by atoms with Crippen molar-refractivity contribution in [3.05, 3.63) is 29.8 Å². The molecule has 0 amide bonds. The van der Waals surface area contributed by atoms with Gasteiger partial charge in [0.2, 0.25) is 0 Å². The van der Waals surface area contributed by atoms with Crippen molar-refractivity contribution in [1.29, 1.82) is 0 Å². The second-order valence-corrected chi connectivity index (χ2v) is 6.39. The van der Waals surface area contributed by atoms with E-state index in [0.717, 1.165) is 17.5 Å². The van der Waals surface area contributed by atoms with Crippen LogP contribution in [0.25, 0.3) is 5.82 Å². The molecule has 2 aromatic rings. The Morgan fingerprint density at radius 1 is 1.25 bits per heavy atom. The predicted octanol–water partition coefficient (Wildman–Crippen LogP) is 2.88.